The zero-order chi connectivity index (χ0) is 26.5. The number of nitrogens with zero attached hydrogens (tertiary/aromatic N) is 1. The molecular weight excluding hydrogens is 545 g/mol. The molecule has 192 valence electrons. The van der Waals surface area contributed by atoms with Crippen molar-refractivity contribution in [3.05, 3.63) is 82.3 Å². The summed E-state index contributed by atoms with van der Waals surface area (Å²) in [5.41, 5.74) is 1.97. The Balaban J connectivity index is 1.58. The van der Waals surface area contributed by atoms with Gasteiger partial charge in [0.05, 0.1) is 22.5 Å². The van der Waals surface area contributed by atoms with Gasteiger partial charge in [0.15, 0.2) is 0 Å². The van der Waals surface area contributed by atoms with E-state index in [0.29, 0.717) is 27.1 Å². The molecule has 0 spiro atoms. The van der Waals surface area contributed by atoms with Crippen molar-refractivity contribution in [2.45, 2.75) is 24.7 Å². The van der Waals surface area contributed by atoms with E-state index in [0.717, 1.165) is 11.8 Å². The molecule has 2 N–H and O–H groups in total. The Morgan fingerprint density at radius 3 is 2.11 bits per heavy atom. The summed E-state index contributed by atoms with van der Waals surface area (Å²) < 4.78 is 53.5. The minimum atomic E-state index is -3.86. The quantitative estimate of drug-likeness (QED) is 0.344. The molecule has 0 bridgehead atoms. The number of hydrogen-bond donors (Lipinski definition) is 2. The maximum Gasteiger partial charge on any atom is 0.261 e. The molecule has 0 saturated heterocycles. The van der Waals surface area contributed by atoms with Crippen LogP contribution in [0.3, 0.4) is 0 Å². The minimum Gasteiger partial charge on any atom is -0.326 e. The van der Waals surface area contributed by atoms with Gasteiger partial charge in [-0.3, -0.25) is 13.8 Å². The molecule has 3 aromatic rings. The predicted octanol–water partition coefficient (Wildman–Crippen LogP) is 5.29. The average molecular weight is 571 g/mol. The number of benzene rings is 3. The molecule has 0 heterocycles. The molecule has 0 aliphatic heterocycles. The van der Waals surface area contributed by atoms with Gasteiger partial charge in [-0.05, 0) is 79.6 Å². The lowest BCUT2D eigenvalue weighted by Crippen LogP contribution is -2.31. The number of nitrogens with one attached hydrogen (secondary N) is 2. The molecule has 0 radical (unpaired) electrons. The fourth-order valence-electron chi connectivity index (χ4n) is 3.33. The summed E-state index contributed by atoms with van der Waals surface area (Å²) in [6.07, 6.45) is 1.44. The lowest BCUT2D eigenvalue weighted by atomic mass is 10.2. The van der Waals surface area contributed by atoms with Crippen molar-refractivity contribution in [2.75, 3.05) is 27.1 Å². The molecule has 0 atom stereocenters. The van der Waals surface area contributed by atoms with E-state index in [1.165, 1.54) is 34.6 Å². The second-order valence-corrected chi connectivity index (χ2v) is 12.5. The monoisotopic (exact) mass is 569 g/mol. The smallest absolute Gasteiger partial charge is 0.261 e. The van der Waals surface area contributed by atoms with Crippen molar-refractivity contribution in [1.82, 2.24) is 0 Å². The molecule has 0 unspecified atom stereocenters. The second-order valence-electron chi connectivity index (χ2n) is 8.05. The van der Waals surface area contributed by atoms with Crippen LogP contribution in [0, 0.1) is 6.92 Å². The molecule has 12 heteroatoms. The van der Waals surface area contributed by atoms with E-state index in [4.69, 9.17) is 23.2 Å². The van der Waals surface area contributed by atoms with Gasteiger partial charge < -0.3 is 5.32 Å². The second kappa shape index (κ2) is 11.5. The Morgan fingerprint density at radius 2 is 1.50 bits per heavy atom. The first-order valence-electron chi connectivity index (χ1n) is 10.8. The summed E-state index contributed by atoms with van der Waals surface area (Å²) in [5.74, 6) is -0.331. The highest BCUT2D eigenvalue weighted by atomic mass is 35.5. The van der Waals surface area contributed by atoms with E-state index in [2.05, 4.69) is 10.0 Å². The number of rotatable bonds is 10. The van der Waals surface area contributed by atoms with Crippen molar-refractivity contribution in [3.8, 4) is 0 Å². The maximum atomic E-state index is 12.7. The molecule has 3 rings (SSSR count). The van der Waals surface area contributed by atoms with Crippen molar-refractivity contribution in [2.24, 2.45) is 0 Å². The molecule has 0 aliphatic rings. The first-order chi connectivity index (χ1) is 16.8. The van der Waals surface area contributed by atoms with Gasteiger partial charge in [-0.2, -0.15) is 0 Å². The summed E-state index contributed by atoms with van der Waals surface area (Å²) >= 11 is 11.8. The van der Waals surface area contributed by atoms with Crippen molar-refractivity contribution >= 4 is 66.2 Å². The minimum absolute atomic E-state index is 0.0200. The molecule has 36 heavy (non-hydrogen) atoms. The standard InChI is InChI=1S/C24H25Cl2N3O5S2/c1-17-5-6-19(26)16-23(17)28-36(33,34)22-13-9-20(10-14-22)27-24(30)4-3-15-29(35(2,31)32)21-11-7-18(25)8-12-21/h5-14,16,28H,3-4,15H2,1-2H3,(H,27,30). The summed E-state index contributed by atoms with van der Waals surface area (Å²) in [7, 11) is -7.40. The topological polar surface area (TPSA) is 113 Å². The largest absolute Gasteiger partial charge is 0.326 e. The number of carbonyl (C=O) groups excluding carboxylic acids is 1. The van der Waals surface area contributed by atoms with Gasteiger partial charge in [-0.15, -0.1) is 0 Å². The Labute approximate surface area is 221 Å². The van der Waals surface area contributed by atoms with Crippen LogP contribution in [-0.4, -0.2) is 35.5 Å². The van der Waals surface area contributed by atoms with E-state index in [-0.39, 0.29) is 30.2 Å². The predicted molar refractivity (Wildman–Crippen MR) is 145 cm³/mol. The Kier molecular flexibility index (Phi) is 8.89. The first-order valence-corrected chi connectivity index (χ1v) is 14.9. The highest BCUT2D eigenvalue weighted by Gasteiger charge is 2.18. The summed E-state index contributed by atoms with van der Waals surface area (Å²) in [5, 5.41) is 3.58. The van der Waals surface area contributed by atoms with E-state index in [1.807, 2.05) is 0 Å². The summed E-state index contributed by atoms with van der Waals surface area (Å²) in [6, 6.07) is 17.0. The van der Waals surface area contributed by atoms with Gasteiger partial charge >= 0.3 is 0 Å². The highest BCUT2D eigenvalue weighted by molar-refractivity contribution is 7.92. The highest BCUT2D eigenvalue weighted by Crippen LogP contribution is 2.24. The van der Waals surface area contributed by atoms with Gasteiger partial charge in [0.2, 0.25) is 15.9 Å². The van der Waals surface area contributed by atoms with E-state index < -0.39 is 20.0 Å². The lowest BCUT2D eigenvalue weighted by molar-refractivity contribution is -0.116. The zero-order valence-electron chi connectivity index (χ0n) is 19.5. The van der Waals surface area contributed by atoms with Crippen LogP contribution in [0.4, 0.5) is 17.1 Å². The molecule has 0 saturated carbocycles. The van der Waals surface area contributed by atoms with E-state index in [9.17, 15) is 21.6 Å². The Bertz CT molecular complexity index is 1440. The lowest BCUT2D eigenvalue weighted by Gasteiger charge is -2.22. The number of carbonyl (C=O) groups is 1. The van der Waals surface area contributed by atoms with E-state index >= 15 is 0 Å². The van der Waals surface area contributed by atoms with Crippen molar-refractivity contribution in [1.29, 1.82) is 0 Å². The van der Waals surface area contributed by atoms with Crippen LogP contribution in [-0.2, 0) is 24.8 Å². The molecule has 8 nitrogen and oxygen atoms in total. The third-order valence-electron chi connectivity index (χ3n) is 5.17. The Morgan fingerprint density at radius 1 is 0.889 bits per heavy atom. The van der Waals surface area contributed by atoms with E-state index in [1.54, 1.807) is 43.3 Å². The third-order valence-corrected chi connectivity index (χ3v) is 8.23. The number of sulfonamides is 2. The van der Waals surface area contributed by atoms with Crippen LogP contribution in [0.2, 0.25) is 10.0 Å². The number of amides is 1. The van der Waals surface area contributed by atoms with Crippen LogP contribution in [0.1, 0.15) is 18.4 Å². The molecular formula is C24H25Cl2N3O5S2. The van der Waals surface area contributed by atoms with Gasteiger partial charge in [0.25, 0.3) is 10.0 Å². The van der Waals surface area contributed by atoms with Gasteiger partial charge in [0.1, 0.15) is 0 Å². The SMILES string of the molecule is Cc1ccc(Cl)cc1NS(=O)(=O)c1ccc(NC(=O)CCCN(c2ccc(Cl)cc2)S(C)(=O)=O)cc1. The third kappa shape index (κ3) is 7.60. The fraction of sp³-hybridized carbons (Fsp3) is 0.208. The molecule has 0 aromatic heterocycles. The fourth-order valence-corrected chi connectivity index (χ4v) is 5.71. The number of aryl methyl sites for hydroxylation is 1. The summed E-state index contributed by atoms with van der Waals surface area (Å²) in [6.45, 7) is 1.87. The van der Waals surface area contributed by atoms with Crippen molar-refractivity contribution < 1.29 is 21.6 Å². The Hall–Kier alpha value is -2.79. The van der Waals surface area contributed by atoms with Crippen LogP contribution in [0.5, 0.6) is 0 Å². The average Bonchev–Trinajstić information content (AvgIpc) is 2.79. The van der Waals surface area contributed by atoms with Crippen LogP contribution >= 0.6 is 23.2 Å². The summed E-state index contributed by atoms with van der Waals surface area (Å²) in [4.78, 5) is 12.4. The normalized spacial score (nSPS) is 11.7. The van der Waals surface area contributed by atoms with Crippen LogP contribution in [0.25, 0.3) is 0 Å². The molecule has 1 amide bonds. The molecule has 0 fully saturated rings. The van der Waals surface area contributed by atoms with Crippen LogP contribution in [0.15, 0.2) is 71.6 Å². The molecule has 0 aliphatic carbocycles. The maximum absolute atomic E-state index is 12.7. The molecule has 3 aromatic carbocycles. The van der Waals surface area contributed by atoms with Gasteiger partial charge in [0, 0.05) is 28.7 Å². The number of halogens is 2. The van der Waals surface area contributed by atoms with Crippen LogP contribution < -0.4 is 14.3 Å². The van der Waals surface area contributed by atoms with Crippen molar-refractivity contribution in [3.63, 3.8) is 0 Å². The first kappa shape index (κ1) is 27.8. The van der Waals surface area contributed by atoms with Gasteiger partial charge in [-0.1, -0.05) is 29.3 Å². The number of anilines is 3. The zero-order valence-corrected chi connectivity index (χ0v) is 22.7. The number of hydrogen-bond acceptors (Lipinski definition) is 5. The van der Waals surface area contributed by atoms with Gasteiger partial charge in [-0.25, -0.2) is 16.8 Å².